The average molecular weight is 376 g/mol. The van der Waals surface area contributed by atoms with Gasteiger partial charge in [0.1, 0.15) is 24.3 Å². The Morgan fingerprint density at radius 3 is 2.76 bits per heavy atom. The van der Waals surface area contributed by atoms with Crippen LogP contribution in [-0.4, -0.2) is 56.8 Å². The molecule has 1 saturated heterocycles. The van der Waals surface area contributed by atoms with Gasteiger partial charge in [0.25, 0.3) is 7.52 Å². The van der Waals surface area contributed by atoms with Crippen molar-refractivity contribution in [2.45, 2.75) is 25.1 Å². The fraction of sp³-hybridized carbons (Fsp3) is 0.500. The summed E-state index contributed by atoms with van der Waals surface area (Å²) in [7, 11) is -3.68. The Balaban J connectivity index is 1.95. The van der Waals surface area contributed by atoms with E-state index in [2.05, 4.69) is 10.1 Å². The fourth-order valence-corrected chi connectivity index (χ4v) is 3.79. The summed E-state index contributed by atoms with van der Waals surface area (Å²) >= 11 is 0. The molecule has 2 rings (SSSR count). The summed E-state index contributed by atoms with van der Waals surface area (Å²) in [4.78, 5) is 36.9. The van der Waals surface area contributed by atoms with E-state index in [9.17, 15) is 18.9 Å². The predicted octanol–water partition coefficient (Wildman–Crippen LogP) is -1.09. The number of carboxylic acids is 2. The van der Waals surface area contributed by atoms with Crippen molar-refractivity contribution in [3.8, 4) is 0 Å². The molecule has 0 radical (unpaired) electrons. The van der Waals surface area contributed by atoms with Crippen molar-refractivity contribution < 1.29 is 33.6 Å². The number of nitrogen functional groups attached to an aromatic ring is 1. The maximum atomic E-state index is 12.4. The second-order valence-electron chi connectivity index (χ2n) is 5.29. The molecule has 2 heterocycles. The highest BCUT2D eigenvalue weighted by atomic mass is 31.2. The van der Waals surface area contributed by atoms with Gasteiger partial charge in [-0.1, -0.05) is 0 Å². The summed E-state index contributed by atoms with van der Waals surface area (Å²) < 4.78 is 24.2. The zero-order valence-electron chi connectivity index (χ0n) is 12.9. The number of anilines is 1. The lowest BCUT2D eigenvalue weighted by Gasteiger charge is -2.31. The van der Waals surface area contributed by atoms with E-state index in [4.69, 9.17) is 25.2 Å². The van der Waals surface area contributed by atoms with Crippen LogP contribution in [0.4, 0.5) is 5.82 Å². The third kappa shape index (κ3) is 5.36. The molecule has 0 bridgehead atoms. The number of hydrogen-bond acceptors (Lipinski definition) is 8. The molecular formula is C12H17N4O8P. The molecule has 0 amide bonds. The summed E-state index contributed by atoms with van der Waals surface area (Å²) in [6.45, 7) is -0.107. The maximum absolute atomic E-state index is 12.4. The molecule has 1 aliphatic rings. The first-order chi connectivity index (χ1) is 11.7. The molecule has 0 aromatic carbocycles. The topological polar surface area (TPSA) is 183 Å². The minimum atomic E-state index is -3.68. The quantitative estimate of drug-likeness (QED) is 0.424. The second-order valence-corrected chi connectivity index (χ2v) is 7.41. The molecule has 12 nitrogen and oxygen atoms in total. The average Bonchev–Trinajstić information content (AvgIpc) is 2.51. The zero-order valence-corrected chi connectivity index (χ0v) is 13.8. The van der Waals surface area contributed by atoms with E-state index in [0.29, 0.717) is 0 Å². The summed E-state index contributed by atoms with van der Waals surface area (Å²) in [5, 5.41) is 19.9. The van der Waals surface area contributed by atoms with Crippen molar-refractivity contribution in [3.05, 3.63) is 22.7 Å². The van der Waals surface area contributed by atoms with E-state index >= 15 is 0 Å². The first-order valence-electron chi connectivity index (χ1n) is 7.09. The van der Waals surface area contributed by atoms with Crippen molar-refractivity contribution in [1.29, 1.82) is 0 Å². The Bertz CT molecular complexity index is 754. The Morgan fingerprint density at radius 1 is 1.52 bits per heavy atom. The molecule has 0 spiro atoms. The number of rotatable bonds is 7. The normalized spacial score (nSPS) is 24.6. The zero-order chi connectivity index (χ0) is 18.6. The Labute approximate surface area is 141 Å². The van der Waals surface area contributed by atoms with Crippen LogP contribution in [0.2, 0.25) is 0 Å². The van der Waals surface area contributed by atoms with Gasteiger partial charge in [-0.2, -0.15) is 4.98 Å². The highest BCUT2D eigenvalue weighted by Crippen LogP contribution is 2.46. The Kier molecular flexibility index (Phi) is 5.90. The van der Waals surface area contributed by atoms with Gasteiger partial charge in [-0.3, -0.25) is 18.7 Å². The van der Waals surface area contributed by atoms with Crippen LogP contribution in [0.5, 0.6) is 0 Å². The van der Waals surface area contributed by atoms with Crippen molar-refractivity contribution >= 4 is 25.3 Å². The summed E-state index contributed by atoms with van der Waals surface area (Å²) in [5.41, 5.74) is 4.81. The molecule has 0 aliphatic carbocycles. The SMILES string of the molecule is Nc1ccn(C[C@H]2COP(=O)(N[C@H](CC(=O)O)C(=O)O)CO2)c(=O)n1. The molecule has 5 N–H and O–H groups in total. The lowest BCUT2D eigenvalue weighted by Crippen LogP contribution is -2.41. The van der Waals surface area contributed by atoms with E-state index in [1.165, 1.54) is 16.8 Å². The molecule has 25 heavy (non-hydrogen) atoms. The maximum Gasteiger partial charge on any atom is 0.349 e. The van der Waals surface area contributed by atoms with Crippen LogP contribution in [-0.2, 0) is 30.0 Å². The molecule has 1 fully saturated rings. The minimum absolute atomic E-state index is 0.0730. The standard InChI is InChI=1S/C12H17N4O8P/c13-9-1-2-16(12(21)14-9)4-7-5-24-25(22,6-23-7)15-8(11(19)20)3-10(17)18/h1-2,7-8H,3-6H2,(H,15,22)(H,17,18)(H,19,20)(H2,13,14,21)/t7-,8+,25?/m0/s1. The fourth-order valence-electron chi connectivity index (χ4n) is 2.07. The van der Waals surface area contributed by atoms with Crippen LogP contribution < -0.4 is 16.5 Å². The number of nitrogens with two attached hydrogens (primary N) is 1. The lowest BCUT2D eigenvalue weighted by molar-refractivity contribution is -0.145. The van der Waals surface area contributed by atoms with Gasteiger partial charge >= 0.3 is 17.6 Å². The third-order valence-corrected chi connectivity index (χ3v) is 5.03. The summed E-state index contributed by atoms with van der Waals surface area (Å²) in [5.74, 6) is -2.76. The van der Waals surface area contributed by atoms with Crippen LogP contribution in [0.1, 0.15) is 6.42 Å². The minimum Gasteiger partial charge on any atom is -0.481 e. The second kappa shape index (κ2) is 7.74. The molecule has 1 aromatic rings. The van der Waals surface area contributed by atoms with E-state index in [0.717, 1.165) is 0 Å². The molecule has 0 saturated carbocycles. The van der Waals surface area contributed by atoms with Gasteiger partial charge in [0, 0.05) is 6.20 Å². The van der Waals surface area contributed by atoms with Crippen molar-refractivity contribution in [2.75, 3.05) is 18.7 Å². The van der Waals surface area contributed by atoms with Crippen molar-refractivity contribution in [2.24, 2.45) is 0 Å². The van der Waals surface area contributed by atoms with Gasteiger partial charge in [-0.15, -0.1) is 0 Å². The molecular weight excluding hydrogens is 359 g/mol. The van der Waals surface area contributed by atoms with Gasteiger partial charge in [0.2, 0.25) is 0 Å². The molecule has 13 heteroatoms. The predicted molar refractivity (Wildman–Crippen MR) is 83.0 cm³/mol. The highest BCUT2D eigenvalue weighted by molar-refractivity contribution is 7.56. The molecule has 138 valence electrons. The first kappa shape index (κ1) is 19.1. The van der Waals surface area contributed by atoms with Gasteiger partial charge in [0.15, 0.2) is 0 Å². The van der Waals surface area contributed by atoms with E-state index in [1.807, 2.05) is 0 Å². The Morgan fingerprint density at radius 2 is 2.24 bits per heavy atom. The smallest absolute Gasteiger partial charge is 0.349 e. The van der Waals surface area contributed by atoms with Gasteiger partial charge in [-0.25, -0.2) is 9.88 Å². The van der Waals surface area contributed by atoms with Gasteiger partial charge in [-0.05, 0) is 6.07 Å². The van der Waals surface area contributed by atoms with Gasteiger partial charge in [0.05, 0.1) is 19.6 Å². The number of aromatic nitrogens is 2. The molecule has 1 unspecified atom stereocenters. The third-order valence-electron chi connectivity index (χ3n) is 3.27. The summed E-state index contributed by atoms with van der Waals surface area (Å²) in [6, 6.07) is -0.145. The first-order valence-corrected chi connectivity index (χ1v) is 8.90. The monoisotopic (exact) mass is 376 g/mol. The van der Waals surface area contributed by atoms with E-state index in [-0.39, 0.29) is 19.0 Å². The molecule has 1 aliphatic heterocycles. The van der Waals surface area contributed by atoms with Crippen LogP contribution in [0.25, 0.3) is 0 Å². The number of hydrogen-bond donors (Lipinski definition) is 4. The van der Waals surface area contributed by atoms with E-state index < -0.39 is 50.1 Å². The largest absolute Gasteiger partial charge is 0.481 e. The van der Waals surface area contributed by atoms with Crippen molar-refractivity contribution in [1.82, 2.24) is 14.6 Å². The number of ether oxygens (including phenoxy) is 1. The summed E-state index contributed by atoms with van der Waals surface area (Å²) in [6.07, 6.45) is -0.417. The Hall–Kier alpha value is -2.27. The number of aliphatic carboxylic acids is 2. The van der Waals surface area contributed by atoms with Gasteiger partial charge < -0.3 is 25.2 Å². The van der Waals surface area contributed by atoms with Crippen LogP contribution in [0, 0.1) is 0 Å². The van der Waals surface area contributed by atoms with E-state index in [1.54, 1.807) is 0 Å². The molecule has 3 atom stereocenters. The van der Waals surface area contributed by atoms with Crippen LogP contribution >= 0.6 is 7.52 Å². The van der Waals surface area contributed by atoms with Crippen molar-refractivity contribution in [3.63, 3.8) is 0 Å². The highest BCUT2D eigenvalue weighted by Gasteiger charge is 2.37. The number of carboxylic acid groups (broad SMARTS) is 2. The number of nitrogens with one attached hydrogen (secondary N) is 1. The lowest BCUT2D eigenvalue weighted by atomic mass is 10.2. The van der Waals surface area contributed by atoms with Crippen LogP contribution in [0.15, 0.2) is 17.1 Å². The number of nitrogens with zero attached hydrogens (tertiary/aromatic N) is 2. The van der Waals surface area contributed by atoms with Crippen LogP contribution in [0.3, 0.4) is 0 Å². The number of carbonyl (C=O) groups is 2. The molecule has 1 aromatic heterocycles.